The standard InChI is InChI=1S/C17H23N3/c1-12-3-2-4-16-15(12)9-14(19-16)10-18-17-11-20-7-5-13(17)6-8-20/h2-4,9,13,17-19H,5-8,10-11H2,1H3. The van der Waals surface area contributed by atoms with Crippen molar-refractivity contribution in [3.8, 4) is 0 Å². The van der Waals surface area contributed by atoms with Crippen LogP contribution >= 0.6 is 0 Å². The number of nitrogens with one attached hydrogen (secondary N) is 2. The topological polar surface area (TPSA) is 31.1 Å². The molecule has 2 bridgehead atoms. The molecule has 2 aromatic rings. The second-order valence-electron chi connectivity index (χ2n) is 6.46. The number of hydrogen-bond donors (Lipinski definition) is 2. The number of nitrogens with zero attached hydrogens (tertiary/aromatic N) is 1. The molecule has 2 N–H and O–H groups in total. The average Bonchev–Trinajstić information content (AvgIpc) is 2.91. The Bertz CT molecular complexity index is 608. The van der Waals surface area contributed by atoms with Crippen LogP contribution in [0, 0.1) is 12.8 Å². The summed E-state index contributed by atoms with van der Waals surface area (Å²) >= 11 is 0. The quantitative estimate of drug-likeness (QED) is 0.897. The molecule has 20 heavy (non-hydrogen) atoms. The van der Waals surface area contributed by atoms with Crippen molar-refractivity contribution in [2.24, 2.45) is 5.92 Å². The molecule has 1 aromatic carbocycles. The van der Waals surface area contributed by atoms with Gasteiger partial charge in [-0.1, -0.05) is 12.1 Å². The first-order chi connectivity index (χ1) is 9.79. The zero-order valence-corrected chi connectivity index (χ0v) is 12.2. The van der Waals surface area contributed by atoms with Gasteiger partial charge >= 0.3 is 0 Å². The molecule has 106 valence electrons. The van der Waals surface area contributed by atoms with Gasteiger partial charge in [0.25, 0.3) is 0 Å². The minimum Gasteiger partial charge on any atom is -0.357 e. The van der Waals surface area contributed by atoms with Crippen LogP contribution in [0.5, 0.6) is 0 Å². The Balaban J connectivity index is 1.47. The zero-order chi connectivity index (χ0) is 13.5. The number of aromatic nitrogens is 1. The second kappa shape index (κ2) is 4.90. The number of H-pyrrole nitrogens is 1. The lowest BCUT2D eigenvalue weighted by Gasteiger charge is -2.45. The van der Waals surface area contributed by atoms with Crippen molar-refractivity contribution in [3.05, 3.63) is 35.5 Å². The molecule has 0 amide bonds. The molecular weight excluding hydrogens is 246 g/mol. The molecule has 1 unspecified atom stereocenters. The van der Waals surface area contributed by atoms with Crippen LogP contribution in [0.4, 0.5) is 0 Å². The summed E-state index contributed by atoms with van der Waals surface area (Å²) in [5.74, 6) is 0.895. The maximum absolute atomic E-state index is 3.78. The summed E-state index contributed by atoms with van der Waals surface area (Å²) in [5.41, 5.74) is 3.93. The second-order valence-corrected chi connectivity index (χ2v) is 6.46. The fourth-order valence-electron chi connectivity index (χ4n) is 3.90. The number of aromatic amines is 1. The van der Waals surface area contributed by atoms with Crippen LogP contribution in [0.2, 0.25) is 0 Å². The first-order valence-electron chi connectivity index (χ1n) is 7.82. The number of piperidine rings is 3. The molecule has 1 aromatic heterocycles. The zero-order valence-electron chi connectivity index (χ0n) is 12.2. The van der Waals surface area contributed by atoms with Gasteiger partial charge in [-0.25, -0.2) is 0 Å². The Morgan fingerprint density at radius 3 is 2.85 bits per heavy atom. The molecule has 3 heteroatoms. The Hall–Kier alpha value is -1.32. The van der Waals surface area contributed by atoms with Crippen molar-refractivity contribution in [2.45, 2.75) is 32.4 Å². The van der Waals surface area contributed by atoms with Gasteiger partial charge in [-0.3, -0.25) is 0 Å². The molecule has 0 spiro atoms. The maximum atomic E-state index is 3.78. The van der Waals surface area contributed by atoms with Gasteiger partial charge in [0.1, 0.15) is 0 Å². The van der Waals surface area contributed by atoms with Gasteiger partial charge in [-0.05, 0) is 56.5 Å². The van der Waals surface area contributed by atoms with Gasteiger partial charge in [0, 0.05) is 35.7 Å². The van der Waals surface area contributed by atoms with Gasteiger partial charge in [-0.15, -0.1) is 0 Å². The number of aryl methyl sites for hydroxylation is 1. The van der Waals surface area contributed by atoms with Crippen LogP contribution in [0.1, 0.15) is 24.1 Å². The molecule has 3 saturated heterocycles. The molecule has 5 rings (SSSR count). The van der Waals surface area contributed by atoms with Crippen LogP contribution in [0.15, 0.2) is 24.3 Å². The molecule has 3 fully saturated rings. The van der Waals surface area contributed by atoms with Crippen molar-refractivity contribution in [3.63, 3.8) is 0 Å². The minimum absolute atomic E-state index is 0.685. The molecule has 3 aliphatic heterocycles. The van der Waals surface area contributed by atoms with E-state index in [0.717, 1.165) is 12.5 Å². The molecule has 0 radical (unpaired) electrons. The van der Waals surface area contributed by atoms with Crippen LogP contribution in [-0.4, -0.2) is 35.6 Å². The summed E-state index contributed by atoms with van der Waals surface area (Å²) in [4.78, 5) is 6.15. The summed E-state index contributed by atoms with van der Waals surface area (Å²) in [6, 6.07) is 9.46. The maximum Gasteiger partial charge on any atom is 0.0459 e. The van der Waals surface area contributed by atoms with Crippen molar-refractivity contribution in [1.29, 1.82) is 0 Å². The van der Waals surface area contributed by atoms with Gasteiger partial charge in [-0.2, -0.15) is 0 Å². The number of fused-ring (bicyclic) bond motifs is 4. The Labute approximate surface area is 120 Å². The van der Waals surface area contributed by atoms with Crippen molar-refractivity contribution in [2.75, 3.05) is 19.6 Å². The first kappa shape index (κ1) is 12.4. The van der Waals surface area contributed by atoms with Crippen LogP contribution < -0.4 is 5.32 Å². The van der Waals surface area contributed by atoms with E-state index in [2.05, 4.69) is 46.4 Å². The lowest BCUT2D eigenvalue weighted by Crippen LogP contribution is -2.55. The fraction of sp³-hybridized carbons (Fsp3) is 0.529. The molecular formula is C17H23N3. The highest BCUT2D eigenvalue weighted by molar-refractivity contribution is 5.83. The third-order valence-corrected chi connectivity index (χ3v) is 5.15. The highest BCUT2D eigenvalue weighted by Gasteiger charge is 2.33. The van der Waals surface area contributed by atoms with E-state index in [1.807, 2.05) is 0 Å². The summed E-state index contributed by atoms with van der Waals surface area (Å²) in [7, 11) is 0. The predicted molar refractivity (Wildman–Crippen MR) is 82.8 cm³/mol. The van der Waals surface area contributed by atoms with Crippen LogP contribution in [0.3, 0.4) is 0 Å². The lowest BCUT2D eigenvalue weighted by molar-refractivity contribution is 0.0719. The molecule has 3 aliphatic rings. The normalized spacial score (nSPS) is 29.1. The summed E-state index contributed by atoms with van der Waals surface area (Å²) in [5, 5.41) is 5.14. The highest BCUT2D eigenvalue weighted by atomic mass is 15.2. The smallest absolute Gasteiger partial charge is 0.0459 e. The van der Waals surface area contributed by atoms with Crippen LogP contribution in [0.25, 0.3) is 10.9 Å². The Morgan fingerprint density at radius 2 is 2.15 bits per heavy atom. The number of rotatable bonds is 3. The third kappa shape index (κ3) is 2.15. The van der Waals surface area contributed by atoms with Crippen molar-refractivity contribution >= 4 is 10.9 Å². The van der Waals surface area contributed by atoms with E-state index < -0.39 is 0 Å². The van der Waals surface area contributed by atoms with E-state index in [1.165, 1.54) is 54.6 Å². The first-order valence-corrected chi connectivity index (χ1v) is 7.82. The van der Waals surface area contributed by atoms with E-state index in [9.17, 15) is 0 Å². The Morgan fingerprint density at radius 1 is 1.30 bits per heavy atom. The minimum atomic E-state index is 0.685. The van der Waals surface area contributed by atoms with E-state index >= 15 is 0 Å². The monoisotopic (exact) mass is 269 g/mol. The molecule has 0 aliphatic carbocycles. The third-order valence-electron chi connectivity index (χ3n) is 5.15. The molecule has 1 atom stereocenters. The van der Waals surface area contributed by atoms with Gasteiger partial charge < -0.3 is 15.2 Å². The highest BCUT2D eigenvalue weighted by Crippen LogP contribution is 2.28. The van der Waals surface area contributed by atoms with E-state index in [0.29, 0.717) is 6.04 Å². The predicted octanol–water partition coefficient (Wildman–Crippen LogP) is 2.66. The van der Waals surface area contributed by atoms with E-state index in [4.69, 9.17) is 0 Å². The summed E-state index contributed by atoms with van der Waals surface area (Å²) in [6.45, 7) is 7.01. The SMILES string of the molecule is Cc1cccc2[nH]c(CNC3CN4CCC3CC4)cc12. The van der Waals surface area contributed by atoms with Gasteiger partial charge in [0.05, 0.1) is 0 Å². The number of benzene rings is 1. The largest absolute Gasteiger partial charge is 0.357 e. The van der Waals surface area contributed by atoms with E-state index in [1.54, 1.807) is 0 Å². The lowest BCUT2D eigenvalue weighted by atomic mass is 9.84. The van der Waals surface area contributed by atoms with E-state index in [-0.39, 0.29) is 0 Å². The fourth-order valence-corrected chi connectivity index (χ4v) is 3.90. The van der Waals surface area contributed by atoms with Crippen molar-refractivity contribution < 1.29 is 0 Å². The Kier molecular flexibility index (Phi) is 3.04. The van der Waals surface area contributed by atoms with Gasteiger partial charge in [0.2, 0.25) is 0 Å². The summed E-state index contributed by atoms with van der Waals surface area (Å²) in [6.07, 6.45) is 2.76. The molecule has 0 saturated carbocycles. The van der Waals surface area contributed by atoms with Crippen LogP contribution in [-0.2, 0) is 6.54 Å². The van der Waals surface area contributed by atoms with Crippen molar-refractivity contribution in [1.82, 2.24) is 15.2 Å². The average molecular weight is 269 g/mol. The molecule has 4 heterocycles. The number of hydrogen-bond acceptors (Lipinski definition) is 2. The van der Waals surface area contributed by atoms with Gasteiger partial charge in [0.15, 0.2) is 0 Å². The molecule has 3 nitrogen and oxygen atoms in total. The summed E-state index contributed by atoms with van der Waals surface area (Å²) < 4.78 is 0.